The number of hydrogen-bond acceptors (Lipinski definition) is 4. The molecule has 0 unspecified atom stereocenters. The molecular formula is C15H17FN4O. The molecule has 2 aromatic rings. The second-order valence-electron chi connectivity index (χ2n) is 5.12. The third-order valence-corrected chi connectivity index (χ3v) is 3.55. The van der Waals surface area contributed by atoms with Crippen LogP contribution in [-0.2, 0) is 11.5 Å². The van der Waals surface area contributed by atoms with E-state index in [1.54, 1.807) is 30.5 Å². The zero-order valence-corrected chi connectivity index (χ0v) is 11.5. The molecule has 2 heterocycles. The largest absolute Gasteiger partial charge is 0.376 e. The van der Waals surface area contributed by atoms with E-state index in [4.69, 9.17) is 0 Å². The van der Waals surface area contributed by atoms with Crippen molar-refractivity contribution >= 4 is 22.5 Å². The molecule has 1 aromatic heterocycles. The van der Waals surface area contributed by atoms with Gasteiger partial charge in [-0.2, -0.15) is 0 Å². The lowest BCUT2D eigenvalue weighted by Gasteiger charge is -2.28. The monoisotopic (exact) mass is 288 g/mol. The quantitative estimate of drug-likeness (QED) is 0.773. The fourth-order valence-corrected chi connectivity index (χ4v) is 2.28. The summed E-state index contributed by atoms with van der Waals surface area (Å²) in [6.07, 6.45) is 1.67. The third-order valence-electron chi connectivity index (χ3n) is 3.55. The molecule has 1 aliphatic heterocycles. The molecule has 0 bridgehead atoms. The predicted octanol–water partition coefficient (Wildman–Crippen LogP) is 1.20. The van der Waals surface area contributed by atoms with Gasteiger partial charge in [0.1, 0.15) is 6.67 Å². The van der Waals surface area contributed by atoms with Crippen LogP contribution in [0.1, 0.15) is 5.56 Å². The highest BCUT2D eigenvalue weighted by Gasteiger charge is 2.18. The molecule has 0 radical (unpaired) electrons. The fourth-order valence-electron chi connectivity index (χ4n) is 2.28. The van der Waals surface area contributed by atoms with E-state index in [0.717, 1.165) is 29.7 Å². The van der Waals surface area contributed by atoms with Crippen molar-refractivity contribution in [2.24, 2.45) is 0 Å². The summed E-state index contributed by atoms with van der Waals surface area (Å²) in [5.41, 5.74) is 2.17. The molecule has 0 saturated carbocycles. The molecule has 1 aromatic carbocycles. The first-order valence-electron chi connectivity index (χ1n) is 6.94. The maximum Gasteiger partial charge on any atom is 0.239 e. The molecule has 3 rings (SSSR count). The van der Waals surface area contributed by atoms with Gasteiger partial charge in [-0.1, -0.05) is 6.07 Å². The van der Waals surface area contributed by atoms with Gasteiger partial charge in [0.05, 0.1) is 18.1 Å². The van der Waals surface area contributed by atoms with Crippen LogP contribution in [0.25, 0.3) is 10.9 Å². The highest BCUT2D eigenvalue weighted by Crippen LogP contribution is 2.23. The summed E-state index contributed by atoms with van der Waals surface area (Å²) < 4.78 is 12.8. The molecule has 0 atom stereocenters. The fraction of sp³-hybridized carbons (Fsp3) is 0.333. The molecule has 1 amide bonds. The van der Waals surface area contributed by atoms with Crippen molar-refractivity contribution in [2.45, 2.75) is 12.7 Å². The summed E-state index contributed by atoms with van der Waals surface area (Å²) in [6.45, 7) is 1.32. The molecule has 5 nitrogen and oxygen atoms in total. The highest BCUT2D eigenvalue weighted by molar-refractivity contribution is 5.93. The summed E-state index contributed by atoms with van der Waals surface area (Å²) in [5.74, 6) is -0.0480. The molecule has 3 N–H and O–H groups in total. The molecule has 110 valence electrons. The van der Waals surface area contributed by atoms with Crippen molar-refractivity contribution in [3.05, 3.63) is 36.0 Å². The van der Waals surface area contributed by atoms with E-state index >= 15 is 0 Å². The third kappa shape index (κ3) is 3.11. The van der Waals surface area contributed by atoms with E-state index in [1.807, 2.05) is 0 Å². The van der Waals surface area contributed by atoms with Crippen molar-refractivity contribution in [1.82, 2.24) is 15.6 Å². The standard InChI is InChI=1S/C15H17FN4O/c16-6-10-1-2-13-12(5-10)14(3-4-18-13)19-9-15(21)20-11-7-17-8-11/h1-5,11,17H,6-9H2,(H,18,19)(H,20,21). The number of amides is 1. The van der Waals surface area contributed by atoms with E-state index in [2.05, 4.69) is 20.9 Å². The predicted molar refractivity (Wildman–Crippen MR) is 79.8 cm³/mol. The van der Waals surface area contributed by atoms with Gasteiger partial charge in [-0.05, 0) is 23.8 Å². The number of fused-ring (bicyclic) bond motifs is 1. The Labute approximate surface area is 121 Å². The molecule has 21 heavy (non-hydrogen) atoms. The summed E-state index contributed by atoms with van der Waals surface area (Å²) in [7, 11) is 0. The topological polar surface area (TPSA) is 66.0 Å². The van der Waals surface area contributed by atoms with Crippen LogP contribution in [0.3, 0.4) is 0 Å². The van der Waals surface area contributed by atoms with Crippen LogP contribution in [0.2, 0.25) is 0 Å². The first-order valence-corrected chi connectivity index (χ1v) is 6.94. The number of nitrogens with zero attached hydrogens (tertiary/aromatic N) is 1. The van der Waals surface area contributed by atoms with Crippen LogP contribution in [0.4, 0.5) is 10.1 Å². The Morgan fingerprint density at radius 1 is 1.38 bits per heavy atom. The van der Waals surface area contributed by atoms with Gasteiger partial charge in [-0.25, -0.2) is 4.39 Å². The van der Waals surface area contributed by atoms with E-state index in [9.17, 15) is 9.18 Å². The van der Waals surface area contributed by atoms with Crippen LogP contribution in [-0.4, -0.2) is 36.6 Å². The van der Waals surface area contributed by atoms with E-state index in [0.29, 0.717) is 5.56 Å². The molecule has 0 aliphatic carbocycles. The number of carbonyl (C=O) groups is 1. The molecule has 1 saturated heterocycles. The molecule has 6 heteroatoms. The number of aromatic nitrogens is 1. The Morgan fingerprint density at radius 2 is 2.24 bits per heavy atom. The number of benzene rings is 1. The normalized spacial score (nSPS) is 14.7. The van der Waals surface area contributed by atoms with Gasteiger partial charge in [0.15, 0.2) is 0 Å². The first-order chi connectivity index (χ1) is 10.3. The SMILES string of the molecule is O=C(CNc1ccnc2ccc(CF)cc12)NC1CNC1. The Bertz CT molecular complexity index is 657. The molecule has 1 fully saturated rings. The average Bonchev–Trinajstić information content (AvgIpc) is 2.48. The van der Waals surface area contributed by atoms with Gasteiger partial charge >= 0.3 is 0 Å². The second kappa shape index (κ2) is 6.05. The van der Waals surface area contributed by atoms with Crippen molar-refractivity contribution in [2.75, 3.05) is 25.0 Å². The summed E-state index contributed by atoms with van der Waals surface area (Å²) in [6, 6.07) is 7.29. The minimum Gasteiger partial charge on any atom is -0.376 e. The number of alkyl halides is 1. The minimum absolute atomic E-state index is 0.0480. The van der Waals surface area contributed by atoms with Gasteiger partial charge in [0, 0.05) is 30.4 Å². The lowest BCUT2D eigenvalue weighted by Crippen LogP contribution is -2.57. The highest BCUT2D eigenvalue weighted by atomic mass is 19.1. The zero-order chi connectivity index (χ0) is 14.7. The first kappa shape index (κ1) is 13.8. The lowest BCUT2D eigenvalue weighted by atomic mass is 10.1. The number of carbonyl (C=O) groups excluding carboxylic acids is 1. The van der Waals surface area contributed by atoms with Gasteiger partial charge in [-0.3, -0.25) is 9.78 Å². The van der Waals surface area contributed by atoms with E-state index in [1.165, 1.54) is 0 Å². The number of halogens is 1. The van der Waals surface area contributed by atoms with Gasteiger partial charge < -0.3 is 16.0 Å². The number of anilines is 1. The molecule has 1 aliphatic rings. The van der Waals surface area contributed by atoms with E-state index in [-0.39, 0.29) is 18.5 Å². The molecule has 0 spiro atoms. The van der Waals surface area contributed by atoms with Crippen LogP contribution >= 0.6 is 0 Å². The van der Waals surface area contributed by atoms with Crippen LogP contribution in [0, 0.1) is 0 Å². The Kier molecular flexibility index (Phi) is 3.96. The summed E-state index contributed by atoms with van der Waals surface area (Å²) in [4.78, 5) is 16.0. The Balaban J connectivity index is 1.71. The second-order valence-corrected chi connectivity index (χ2v) is 5.12. The lowest BCUT2D eigenvalue weighted by molar-refractivity contribution is -0.120. The summed E-state index contributed by atoms with van der Waals surface area (Å²) >= 11 is 0. The minimum atomic E-state index is -0.514. The van der Waals surface area contributed by atoms with Gasteiger partial charge in [-0.15, -0.1) is 0 Å². The van der Waals surface area contributed by atoms with Crippen LogP contribution in [0.5, 0.6) is 0 Å². The summed E-state index contributed by atoms with van der Waals surface area (Å²) in [5, 5.41) is 9.94. The van der Waals surface area contributed by atoms with Gasteiger partial charge in [0.2, 0.25) is 5.91 Å². The van der Waals surface area contributed by atoms with Crippen LogP contribution < -0.4 is 16.0 Å². The zero-order valence-electron chi connectivity index (χ0n) is 11.5. The smallest absolute Gasteiger partial charge is 0.239 e. The van der Waals surface area contributed by atoms with Crippen molar-refractivity contribution < 1.29 is 9.18 Å². The van der Waals surface area contributed by atoms with Gasteiger partial charge in [0.25, 0.3) is 0 Å². The van der Waals surface area contributed by atoms with Crippen molar-refractivity contribution in [3.8, 4) is 0 Å². The van der Waals surface area contributed by atoms with Crippen molar-refractivity contribution in [1.29, 1.82) is 0 Å². The van der Waals surface area contributed by atoms with E-state index < -0.39 is 6.67 Å². The average molecular weight is 288 g/mol. The maximum absolute atomic E-state index is 12.8. The number of rotatable bonds is 5. The number of nitrogens with one attached hydrogen (secondary N) is 3. The van der Waals surface area contributed by atoms with Crippen LogP contribution in [0.15, 0.2) is 30.5 Å². The number of pyridine rings is 1. The molecular weight excluding hydrogens is 271 g/mol. The number of hydrogen-bond donors (Lipinski definition) is 3. The van der Waals surface area contributed by atoms with Crippen molar-refractivity contribution in [3.63, 3.8) is 0 Å². The Hall–Kier alpha value is -2.21. The maximum atomic E-state index is 12.8. The Morgan fingerprint density at radius 3 is 2.95 bits per heavy atom.